The van der Waals surface area contributed by atoms with Crippen LogP contribution in [0.1, 0.15) is 0 Å². The van der Waals surface area contributed by atoms with Crippen LogP contribution < -0.4 is 0 Å². The van der Waals surface area contributed by atoms with E-state index in [2.05, 4.69) is 6.58 Å². The van der Waals surface area contributed by atoms with Crippen molar-refractivity contribution in [3.8, 4) is 0 Å². The smallest absolute Gasteiger partial charge is 0.127 e. The fraction of sp³-hybridized carbons (Fsp3) is 0.111. The molecule has 0 fully saturated rings. The van der Waals surface area contributed by atoms with Gasteiger partial charge in [0.2, 0.25) is 0 Å². The SMILES string of the molecule is C=CCSc1cc(F)cc(F)c1. The van der Waals surface area contributed by atoms with Gasteiger partial charge >= 0.3 is 0 Å². The summed E-state index contributed by atoms with van der Waals surface area (Å²) in [5.41, 5.74) is 0. The molecule has 0 aliphatic heterocycles. The monoisotopic (exact) mass is 186 g/mol. The lowest BCUT2D eigenvalue weighted by Gasteiger charge is -1.98. The third-order valence-electron chi connectivity index (χ3n) is 1.20. The number of benzene rings is 1. The minimum atomic E-state index is -0.540. The molecule has 0 bridgehead atoms. The molecule has 1 aromatic carbocycles. The molecule has 1 rings (SSSR count). The summed E-state index contributed by atoms with van der Waals surface area (Å²) in [6.45, 7) is 3.51. The van der Waals surface area contributed by atoms with E-state index in [0.717, 1.165) is 6.07 Å². The highest BCUT2D eigenvalue weighted by atomic mass is 32.2. The Balaban J connectivity index is 2.78. The predicted octanol–water partition coefficient (Wildman–Crippen LogP) is 3.24. The lowest BCUT2D eigenvalue weighted by molar-refractivity contribution is 0.577. The molecular formula is C9H8F2S. The molecule has 64 valence electrons. The highest BCUT2D eigenvalue weighted by Crippen LogP contribution is 2.20. The Morgan fingerprint density at radius 3 is 2.33 bits per heavy atom. The van der Waals surface area contributed by atoms with Gasteiger partial charge in [-0.1, -0.05) is 6.08 Å². The standard InChI is InChI=1S/C9H8F2S/c1-2-3-12-9-5-7(10)4-8(11)6-9/h2,4-6H,1,3H2. The van der Waals surface area contributed by atoms with Crippen LogP contribution in [0.25, 0.3) is 0 Å². The number of hydrogen-bond donors (Lipinski definition) is 0. The number of rotatable bonds is 3. The lowest BCUT2D eigenvalue weighted by Crippen LogP contribution is -1.81. The number of thioether (sulfide) groups is 1. The van der Waals surface area contributed by atoms with Gasteiger partial charge in [-0.05, 0) is 12.1 Å². The highest BCUT2D eigenvalue weighted by molar-refractivity contribution is 7.99. The average molecular weight is 186 g/mol. The predicted molar refractivity (Wildman–Crippen MR) is 47.3 cm³/mol. The Morgan fingerprint density at radius 1 is 1.25 bits per heavy atom. The lowest BCUT2D eigenvalue weighted by atomic mass is 10.3. The van der Waals surface area contributed by atoms with E-state index >= 15 is 0 Å². The van der Waals surface area contributed by atoms with Crippen LogP contribution in [0.2, 0.25) is 0 Å². The zero-order valence-electron chi connectivity index (χ0n) is 6.39. The first-order chi connectivity index (χ1) is 5.72. The van der Waals surface area contributed by atoms with Crippen LogP contribution in [0.4, 0.5) is 8.78 Å². The van der Waals surface area contributed by atoms with Crippen molar-refractivity contribution in [2.45, 2.75) is 4.90 Å². The summed E-state index contributed by atoms with van der Waals surface area (Å²) in [7, 11) is 0. The Kier molecular flexibility index (Phi) is 3.29. The van der Waals surface area contributed by atoms with Crippen LogP contribution in [0.3, 0.4) is 0 Å². The Morgan fingerprint density at radius 2 is 1.83 bits per heavy atom. The summed E-state index contributed by atoms with van der Waals surface area (Å²) in [5, 5.41) is 0. The normalized spacial score (nSPS) is 9.83. The molecule has 0 unspecified atom stereocenters. The third-order valence-corrected chi connectivity index (χ3v) is 2.18. The summed E-state index contributed by atoms with van der Waals surface area (Å²) >= 11 is 1.35. The van der Waals surface area contributed by atoms with Crippen molar-refractivity contribution in [2.75, 3.05) is 5.75 Å². The van der Waals surface area contributed by atoms with Gasteiger partial charge in [0.1, 0.15) is 11.6 Å². The maximum absolute atomic E-state index is 12.6. The number of halogens is 2. The van der Waals surface area contributed by atoms with E-state index < -0.39 is 11.6 Å². The highest BCUT2D eigenvalue weighted by Gasteiger charge is 1.99. The molecule has 0 N–H and O–H groups in total. The fourth-order valence-electron chi connectivity index (χ4n) is 0.767. The van der Waals surface area contributed by atoms with Gasteiger partial charge < -0.3 is 0 Å². The van der Waals surface area contributed by atoms with Crippen LogP contribution in [0, 0.1) is 11.6 Å². The summed E-state index contributed by atoms with van der Waals surface area (Å²) in [6.07, 6.45) is 1.69. The van der Waals surface area contributed by atoms with Gasteiger partial charge in [-0.25, -0.2) is 8.78 Å². The van der Waals surface area contributed by atoms with Crippen molar-refractivity contribution in [2.24, 2.45) is 0 Å². The van der Waals surface area contributed by atoms with Gasteiger partial charge in [0.25, 0.3) is 0 Å². The zero-order chi connectivity index (χ0) is 8.97. The molecule has 1 aromatic rings. The first-order valence-corrected chi connectivity index (χ1v) is 4.40. The van der Waals surface area contributed by atoms with E-state index in [1.54, 1.807) is 6.08 Å². The van der Waals surface area contributed by atoms with Gasteiger partial charge in [0.15, 0.2) is 0 Å². The Hall–Kier alpha value is -0.830. The van der Waals surface area contributed by atoms with Crippen LogP contribution >= 0.6 is 11.8 Å². The van der Waals surface area contributed by atoms with Crippen molar-refractivity contribution in [3.05, 3.63) is 42.5 Å². The second-order valence-corrected chi connectivity index (χ2v) is 3.30. The molecule has 12 heavy (non-hydrogen) atoms. The summed E-state index contributed by atoms with van der Waals surface area (Å²) in [6, 6.07) is 3.46. The number of hydrogen-bond acceptors (Lipinski definition) is 1. The maximum Gasteiger partial charge on any atom is 0.127 e. The first kappa shape index (κ1) is 9.26. The Bertz CT molecular complexity index is 264. The molecule has 0 spiro atoms. The Labute approximate surface area is 74.3 Å². The molecule has 0 heterocycles. The fourth-order valence-corrected chi connectivity index (χ4v) is 1.47. The van der Waals surface area contributed by atoms with Crippen LogP contribution in [0.5, 0.6) is 0 Å². The zero-order valence-corrected chi connectivity index (χ0v) is 7.20. The summed E-state index contributed by atoms with van der Waals surface area (Å²) in [4.78, 5) is 0.590. The van der Waals surface area contributed by atoms with Crippen molar-refractivity contribution < 1.29 is 8.78 Å². The van der Waals surface area contributed by atoms with Crippen LogP contribution in [-0.4, -0.2) is 5.75 Å². The second-order valence-electron chi connectivity index (χ2n) is 2.20. The first-order valence-electron chi connectivity index (χ1n) is 3.42. The van der Waals surface area contributed by atoms with E-state index in [0.29, 0.717) is 10.6 Å². The van der Waals surface area contributed by atoms with E-state index in [4.69, 9.17) is 0 Å². The molecule has 0 nitrogen and oxygen atoms in total. The second kappa shape index (κ2) is 4.26. The summed E-state index contributed by atoms with van der Waals surface area (Å²) in [5.74, 6) is -0.425. The van der Waals surface area contributed by atoms with Gasteiger partial charge in [-0.3, -0.25) is 0 Å². The largest absolute Gasteiger partial charge is 0.207 e. The molecule has 3 heteroatoms. The third kappa shape index (κ3) is 2.66. The van der Waals surface area contributed by atoms with Crippen molar-refractivity contribution in [1.29, 1.82) is 0 Å². The van der Waals surface area contributed by atoms with Gasteiger partial charge in [-0.15, -0.1) is 18.3 Å². The molecule has 0 aromatic heterocycles. The minimum absolute atomic E-state index is 0.540. The molecule has 0 aliphatic carbocycles. The summed E-state index contributed by atoms with van der Waals surface area (Å²) < 4.78 is 25.2. The maximum atomic E-state index is 12.6. The van der Waals surface area contributed by atoms with Crippen molar-refractivity contribution in [1.82, 2.24) is 0 Å². The molecule has 0 aliphatic rings. The minimum Gasteiger partial charge on any atom is -0.207 e. The topological polar surface area (TPSA) is 0 Å². The van der Waals surface area contributed by atoms with Crippen molar-refractivity contribution in [3.63, 3.8) is 0 Å². The molecule has 0 amide bonds. The average Bonchev–Trinajstić information content (AvgIpc) is 1.99. The van der Waals surface area contributed by atoms with E-state index in [-0.39, 0.29) is 0 Å². The van der Waals surface area contributed by atoms with Gasteiger partial charge in [0.05, 0.1) is 0 Å². The molecule has 0 saturated carbocycles. The molecule has 0 saturated heterocycles. The van der Waals surface area contributed by atoms with E-state index in [1.165, 1.54) is 23.9 Å². The van der Waals surface area contributed by atoms with Crippen LogP contribution in [-0.2, 0) is 0 Å². The molecule has 0 radical (unpaired) electrons. The van der Waals surface area contributed by atoms with Crippen molar-refractivity contribution >= 4 is 11.8 Å². The van der Waals surface area contributed by atoms with Crippen LogP contribution in [0.15, 0.2) is 35.7 Å². The van der Waals surface area contributed by atoms with Gasteiger partial charge in [0, 0.05) is 16.7 Å². The van der Waals surface area contributed by atoms with E-state index in [9.17, 15) is 8.78 Å². The quantitative estimate of drug-likeness (QED) is 0.516. The van der Waals surface area contributed by atoms with Gasteiger partial charge in [-0.2, -0.15) is 0 Å². The molecular weight excluding hydrogens is 178 g/mol. The molecule has 0 atom stereocenters. The van der Waals surface area contributed by atoms with E-state index in [1.807, 2.05) is 0 Å².